The lowest BCUT2D eigenvalue weighted by Gasteiger charge is -2.06. The second kappa shape index (κ2) is 3.24. The first-order chi connectivity index (χ1) is 5.96. The van der Waals surface area contributed by atoms with Crippen LogP contribution in [0.15, 0.2) is 18.3 Å². The maximum Gasteiger partial charge on any atom is 0.422 e. The number of aromatic nitrogens is 1. The van der Waals surface area contributed by atoms with E-state index in [0.29, 0.717) is 4.73 Å². The van der Waals surface area contributed by atoms with Crippen LogP contribution in [0, 0.1) is 0 Å². The third kappa shape index (κ3) is 1.91. The highest BCUT2D eigenvalue weighted by atomic mass is 19.4. The lowest BCUT2D eigenvalue weighted by molar-refractivity contribution is -0.910. The van der Waals surface area contributed by atoms with Crippen LogP contribution in [-0.2, 0) is 12.6 Å². The summed E-state index contributed by atoms with van der Waals surface area (Å²) < 4.78 is 37.4. The van der Waals surface area contributed by atoms with Crippen LogP contribution in [0.4, 0.5) is 13.2 Å². The summed E-state index contributed by atoms with van der Waals surface area (Å²) in [6.07, 6.45) is -3.10. The summed E-state index contributed by atoms with van der Waals surface area (Å²) in [5.74, 6) is 0. The molecule has 1 heterocycles. The fourth-order valence-electron chi connectivity index (χ4n) is 1.14. The summed E-state index contributed by atoms with van der Waals surface area (Å²) in [6, 6.07) is 2.10. The molecule has 1 aromatic rings. The number of hydrogen-bond donors (Lipinski definition) is 1. The van der Waals surface area contributed by atoms with E-state index in [1.807, 2.05) is 0 Å². The van der Waals surface area contributed by atoms with Crippen molar-refractivity contribution in [3.8, 4) is 0 Å². The van der Waals surface area contributed by atoms with Gasteiger partial charge in [0.1, 0.15) is 5.56 Å². The maximum atomic E-state index is 12.3. The van der Waals surface area contributed by atoms with Gasteiger partial charge in [0.25, 0.3) is 0 Å². The summed E-state index contributed by atoms with van der Waals surface area (Å²) in [5, 5.41) is 9.07. The van der Waals surface area contributed by atoms with E-state index in [1.54, 1.807) is 6.92 Å². The van der Waals surface area contributed by atoms with Crippen molar-refractivity contribution in [2.24, 2.45) is 0 Å². The average molecular weight is 192 g/mol. The van der Waals surface area contributed by atoms with Crippen LogP contribution in [0.5, 0.6) is 0 Å². The third-order valence-electron chi connectivity index (χ3n) is 1.72. The Morgan fingerprint density at radius 1 is 1.46 bits per heavy atom. The van der Waals surface area contributed by atoms with E-state index in [2.05, 4.69) is 0 Å². The van der Waals surface area contributed by atoms with Gasteiger partial charge in [-0.3, -0.25) is 5.21 Å². The van der Waals surface area contributed by atoms with E-state index in [-0.39, 0.29) is 12.1 Å². The van der Waals surface area contributed by atoms with E-state index in [9.17, 15) is 13.2 Å². The normalized spacial score (nSPS) is 11.7. The summed E-state index contributed by atoms with van der Waals surface area (Å²) in [4.78, 5) is 0. The van der Waals surface area contributed by atoms with Crippen LogP contribution in [0.2, 0.25) is 0 Å². The number of nitrogens with zero attached hydrogens (tertiary/aromatic N) is 1. The van der Waals surface area contributed by atoms with Gasteiger partial charge in [0, 0.05) is 17.2 Å². The molecule has 0 spiro atoms. The first-order valence-electron chi connectivity index (χ1n) is 3.76. The lowest BCUT2D eigenvalue weighted by Crippen LogP contribution is -2.37. The Morgan fingerprint density at radius 3 is 2.46 bits per heavy atom. The Bertz CT molecular complexity index is 309. The molecule has 1 rings (SSSR count). The second-order valence-electron chi connectivity index (χ2n) is 2.56. The first kappa shape index (κ1) is 9.83. The van der Waals surface area contributed by atoms with E-state index >= 15 is 0 Å². The van der Waals surface area contributed by atoms with Gasteiger partial charge in [-0.05, 0) is 6.07 Å². The van der Waals surface area contributed by atoms with E-state index in [1.165, 1.54) is 6.20 Å². The monoisotopic (exact) mass is 192 g/mol. The molecule has 0 saturated carbocycles. The van der Waals surface area contributed by atoms with Gasteiger partial charge in [0.05, 0.1) is 0 Å². The van der Waals surface area contributed by atoms with Crippen LogP contribution in [0.1, 0.15) is 18.2 Å². The molecule has 0 aliphatic carbocycles. The number of hydrogen-bond acceptors (Lipinski definition) is 1. The molecular weight excluding hydrogens is 183 g/mol. The van der Waals surface area contributed by atoms with Crippen molar-refractivity contribution < 1.29 is 23.1 Å². The molecule has 1 N–H and O–H groups in total. The third-order valence-corrected chi connectivity index (χ3v) is 1.72. The standard InChI is InChI=1S/C8H9F3NO/c1-2-7-6(8(9,10)11)4-3-5-12(7)13/h3-5,13H,2H2,1H3/q+1. The molecule has 0 saturated heterocycles. The molecule has 0 amide bonds. The minimum absolute atomic E-state index is 0.130. The Hall–Kier alpha value is -1.26. The SMILES string of the molecule is CCc1c(C(F)(F)F)ccc[n+]1O. The zero-order valence-electron chi connectivity index (χ0n) is 6.97. The highest BCUT2D eigenvalue weighted by Crippen LogP contribution is 2.30. The van der Waals surface area contributed by atoms with Gasteiger partial charge in [-0.1, -0.05) is 6.92 Å². The number of pyridine rings is 1. The maximum absolute atomic E-state index is 12.3. The Kier molecular flexibility index (Phi) is 2.45. The zero-order chi connectivity index (χ0) is 10.1. The smallest absolute Gasteiger partial charge is 0.285 e. The largest absolute Gasteiger partial charge is 0.422 e. The number of rotatable bonds is 1. The van der Waals surface area contributed by atoms with Gasteiger partial charge in [-0.25, -0.2) is 0 Å². The fourth-order valence-corrected chi connectivity index (χ4v) is 1.14. The first-order valence-corrected chi connectivity index (χ1v) is 3.76. The van der Waals surface area contributed by atoms with Crippen molar-refractivity contribution in [1.82, 2.24) is 0 Å². The molecule has 2 nitrogen and oxygen atoms in total. The quantitative estimate of drug-likeness (QED) is 0.532. The van der Waals surface area contributed by atoms with Gasteiger partial charge in [-0.15, -0.1) is 0 Å². The predicted molar refractivity (Wildman–Crippen MR) is 38.2 cm³/mol. The second-order valence-corrected chi connectivity index (χ2v) is 2.56. The summed E-state index contributed by atoms with van der Waals surface area (Å²) in [7, 11) is 0. The van der Waals surface area contributed by atoms with Gasteiger partial charge >= 0.3 is 6.18 Å². The van der Waals surface area contributed by atoms with Crippen molar-refractivity contribution in [3.63, 3.8) is 0 Å². The lowest BCUT2D eigenvalue weighted by atomic mass is 10.1. The van der Waals surface area contributed by atoms with Gasteiger partial charge in [-0.2, -0.15) is 13.2 Å². The molecule has 0 atom stereocenters. The van der Waals surface area contributed by atoms with E-state index in [4.69, 9.17) is 5.21 Å². The predicted octanol–water partition coefficient (Wildman–Crippen LogP) is 1.79. The molecule has 1 aromatic heterocycles. The highest BCUT2D eigenvalue weighted by molar-refractivity contribution is 5.18. The van der Waals surface area contributed by atoms with Crippen LogP contribution < -0.4 is 4.73 Å². The average Bonchev–Trinajstić information content (AvgIpc) is 2.02. The fraction of sp³-hybridized carbons (Fsp3) is 0.375. The highest BCUT2D eigenvalue weighted by Gasteiger charge is 2.37. The van der Waals surface area contributed by atoms with Gasteiger partial charge < -0.3 is 0 Å². The number of alkyl halides is 3. The molecule has 0 aromatic carbocycles. The van der Waals surface area contributed by atoms with Crippen molar-refractivity contribution in [2.45, 2.75) is 19.5 Å². The molecule has 72 valence electrons. The molecule has 0 radical (unpaired) electrons. The molecule has 0 fully saturated rings. The molecule has 0 aliphatic heterocycles. The van der Waals surface area contributed by atoms with Crippen molar-refractivity contribution >= 4 is 0 Å². The van der Waals surface area contributed by atoms with Crippen LogP contribution in [-0.4, -0.2) is 5.21 Å². The summed E-state index contributed by atoms with van der Waals surface area (Å²) >= 11 is 0. The van der Waals surface area contributed by atoms with E-state index in [0.717, 1.165) is 12.1 Å². The topological polar surface area (TPSA) is 24.1 Å². The molecule has 0 unspecified atom stereocenters. The minimum Gasteiger partial charge on any atom is -0.285 e. The van der Waals surface area contributed by atoms with E-state index < -0.39 is 11.7 Å². The van der Waals surface area contributed by atoms with Crippen molar-refractivity contribution in [3.05, 3.63) is 29.6 Å². The molecular formula is C8H9F3NO+. The van der Waals surface area contributed by atoms with Crippen LogP contribution in [0.3, 0.4) is 0 Å². The summed E-state index contributed by atoms with van der Waals surface area (Å²) in [6.45, 7) is 1.55. The minimum atomic E-state index is -4.41. The van der Waals surface area contributed by atoms with Crippen molar-refractivity contribution in [1.29, 1.82) is 0 Å². The Morgan fingerprint density at radius 2 is 2.08 bits per heavy atom. The molecule has 13 heavy (non-hydrogen) atoms. The molecule has 0 bridgehead atoms. The van der Waals surface area contributed by atoms with Crippen LogP contribution in [0.25, 0.3) is 0 Å². The molecule has 0 aliphatic rings. The Labute approximate surface area is 73.2 Å². The zero-order valence-corrected chi connectivity index (χ0v) is 6.97. The van der Waals surface area contributed by atoms with Gasteiger partial charge in [0.2, 0.25) is 11.9 Å². The van der Waals surface area contributed by atoms with Crippen molar-refractivity contribution in [2.75, 3.05) is 0 Å². The van der Waals surface area contributed by atoms with Crippen LogP contribution >= 0.6 is 0 Å². The van der Waals surface area contributed by atoms with Gasteiger partial charge in [0.15, 0.2) is 0 Å². The summed E-state index contributed by atoms with van der Waals surface area (Å²) in [5.41, 5.74) is -0.921. The number of halogens is 3. The molecule has 5 heteroatoms. The Balaban J connectivity index is 3.29.